The first-order chi connectivity index (χ1) is 8.08. The Bertz CT molecular complexity index is 368. The number of nitrogens with zero attached hydrogens (tertiary/aromatic N) is 2. The lowest BCUT2D eigenvalue weighted by molar-refractivity contribution is 0.254. The highest BCUT2D eigenvalue weighted by molar-refractivity contribution is 5.46. The quantitative estimate of drug-likeness (QED) is 0.870. The Morgan fingerprint density at radius 2 is 2.06 bits per heavy atom. The van der Waals surface area contributed by atoms with E-state index in [9.17, 15) is 0 Å². The molecule has 0 aliphatic heterocycles. The predicted molar refractivity (Wildman–Crippen MR) is 72.2 cm³/mol. The van der Waals surface area contributed by atoms with E-state index in [1.165, 1.54) is 31.4 Å². The minimum Gasteiger partial charge on any atom is -0.379 e. The second-order valence-corrected chi connectivity index (χ2v) is 5.75. The van der Waals surface area contributed by atoms with Crippen LogP contribution in [0.3, 0.4) is 0 Å². The highest BCUT2D eigenvalue weighted by Crippen LogP contribution is 2.32. The molecule has 1 aromatic rings. The molecule has 3 nitrogen and oxygen atoms in total. The molecule has 2 rings (SSSR count). The van der Waals surface area contributed by atoms with Crippen LogP contribution in [0.2, 0.25) is 0 Å². The zero-order valence-corrected chi connectivity index (χ0v) is 11.5. The number of aromatic nitrogens is 2. The molecule has 3 heteroatoms. The van der Waals surface area contributed by atoms with Crippen LogP contribution in [-0.4, -0.2) is 15.8 Å². The summed E-state index contributed by atoms with van der Waals surface area (Å²) in [6.07, 6.45) is 7.53. The molecule has 0 radical (unpaired) electrons. The summed E-state index contributed by atoms with van der Waals surface area (Å²) in [5, 5.41) is 8.12. The highest BCUT2D eigenvalue weighted by atomic mass is 15.3. The van der Waals surface area contributed by atoms with E-state index in [1.807, 2.05) is 11.7 Å². The fraction of sp³-hybridized carbons (Fsp3) is 0.786. The van der Waals surface area contributed by atoms with Crippen LogP contribution in [0.1, 0.15) is 45.2 Å². The Morgan fingerprint density at radius 3 is 2.65 bits per heavy atom. The Morgan fingerprint density at radius 1 is 1.35 bits per heavy atom. The molecule has 96 valence electrons. The van der Waals surface area contributed by atoms with Crippen LogP contribution < -0.4 is 5.32 Å². The topological polar surface area (TPSA) is 29.9 Å². The average molecular weight is 235 g/mol. The van der Waals surface area contributed by atoms with Gasteiger partial charge in [0.15, 0.2) is 0 Å². The monoisotopic (exact) mass is 235 g/mol. The highest BCUT2D eigenvalue weighted by Gasteiger charge is 2.27. The Balaban J connectivity index is 2.08. The van der Waals surface area contributed by atoms with Crippen molar-refractivity contribution < 1.29 is 0 Å². The first-order valence-corrected chi connectivity index (χ1v) is 6.84. The Kier molecular flexibility index (Phi) is 3.75. The molecular formula is C14H25N3. The van der Waals surface area contributed by atoms with Gasteiger partial charge in [-0.25, -0.2) is 0 Å². The van der Waals surface area contributed by atoms with Gasteiger partial charge in [0.1, 0.15) is 0 Å². The van der Waals surface area contributed by atoms with Gasteiger partial charge in [0.2, 0.25) is 0 Å². The number of hydrogen-bond acceptors (Lipinski definition) is 2. The molecule has 0 amide bonds. The maximum atomic E-state index is 4.40. The minimum atomic E-state index is 0.631. The number of aryl methyl sites for hydroxylation is 2. The van der Waals surface area contributed by atoms with E-state index in [-0.39, 0.29) is 0 Å². The summed E-state index contributed by atoms with van der Waals surface area (Å²) in [7, 11) is 1.99. The first-order valence-electron chi connectivity index (χ1n) is 6.84. The van der Waals surface area contributed by atoms with E-state index in [1.54, 1.807) is 0 Å². The van der Waals surface area contributed by atoms with Crippen molar-refractivity contribution in [3.8, 4) is 0 Å². The fourth-order valence-electron chi connectivity index (χ4n) is 3.08. The van der Waals surface area contributed by atoms with Crippen LogP contribution in [0.15, 0.2) is 6.20 Å². The van der Waals surface area contributed by atoms with Crippen molar-refractivity contribution in [2.75, 3.05) is 5.32 Å². The predicted octanol–water partition coefficient (Wildman–Crippen LogP) is 3.36. The van der Waals surface area contributed by atoms with Gasteiger partial charge in [0, 0.05) is 19.3 Å². The van der Waals surface area contributed by atoms with E-state index >= 15 is 0 Å². The molecule has 2 unspecified atom stereocenters. The molecule has 17 heavy (non-hydrogen) atoms. The summed E-state index contributed by atoms with van der Waals surface area (Å²) < 4.78 is 1.89. The van der Waals surface area contributed by atoms with Crippen molar-refractivity contribution in [2.45, 2.75) is 52.5 Å². The maximum Gasteiger partial charge on any atom is 0.0825 e. The van der Waals surface area contributed by atoms with Gasteiger partial charge in [-0.05, 0) is 31.6 Å². The first kappa shape index (κ1) is 12.5. The van der Waals surface area contributed by atoms with E-state index in [4.69, 9.17) is 0 Å². The van der Waals surface area contributed by atoms with Crippen LogP contribution in [0.4, 0.5) is 5.69 Å². The second-order valence-electron chi connectivity index (χ2n) is 5.75. The summed E-state index contributed by atoms with van der Waals surface area (Å²) in [5.74, 6) is 1.58. The molecular weight excluding hydrogens is 210 g/mol. The molecule has 0 aromatic carbocycles. The van der Waals surface area contributed by atoms with Gasteiger partial charge in [-0.2, -0.15) is 5.10 Å². The summed E-state index contributed by atoms with van der Waals surface area (Å²) in [6, 6.07) is 0.631. The standard InChI is InChI=1S/C14H25N3/c1-10(2)12-7-5-6-8-13(12)15-14-9-17(4)16-11(14)3/h9-10,12-13,15H,5-8H2,1-4H3. The summed E-state index contributed by atoms with van der Waals surface area (Å²) in [6.45, 7) is 6.77. The van der Waals surface area contributed by atoms with Gasteiger partial charge >= 0.3 is 0 Å². The van der Waals surface area contributed by atoms with Gasteiger partial charge < -0.3 is 5.32 Å². The molecule has 0 spiro atoms. The lowest BCUT2D eigenvalue weighted by atomic mass is 9.78. The van der Waals surface area contributed by atoms with E-state index < -0.39 is 0 Å². The Labute approximate surface area is 105 Å². The molecule has 1 aliphatic carbocycles. The third-order valence-corrected chi connectivity index (χ3v) is 4.03. The van der Waals surface area contributed by atoms with Crippen molar-refractivity contribution >= 4 is 5.69 Å². The zero-order chi connectivity index (χ0) is 12.4. The van der Waals surface area contributed by atoms with Crippen molar-refractivity contribution in [1.29, 1.82) is 0 Å². The van der Waals surface area contributed by atoms with Gasteiger partial charge in [0.05, 0.1) is 11.4 Å². The second kappa shape index (κ2) is 5.11. The largest absolute Gasteiger partial charge is 0.379 e. The minimum absolute atomic E-state index is 0.631. The van der Waals surface area contributed by atoms with Crippen molar-refractivity contribution in [3.05, 3.63) is 11.9 Å². The smallest absolute Gasteiger partial charge is 0.0825 e. The van der Waals surface area contributed by atoms with Gasteiger partial charge in [-0.3, -0.25) is 4.68 Å². The molecule has 0 saturated heterocycles. The third kappa shape index (κ3) is 2.82. The lowest BCUT2D eigenvalue weighted by Crippen LogP contribution is -2.35. The van der Waals surface area contributed by atoms with Crippen molar-refractivity contribution in [2.24, 2.45) is 18.9 Å². The van der Waals surface area contributed by atoms with E-state index in [0.717, 1.165) is 17.5 Å². The SMILES string of the molecule is Cc1nn(C)cc1NC1CCCCC1C(C)C. The van der Waals surface area contributed by atoms with Crippen LogP contribution in [0.5, 0.6) is 0 Å². The van der Waals surface area contributed by atoms with Gasteiger partial charge in [-0.1, -0.05) is 26.7 Å². The number of rotatable bonds is 3. The summed E-state index contributed by atoms with van der Waals surface area (Å²) in [4.78, 5) is 0. The average Bonchev–Trinajstić information content (AvgIpc) is 2.58. The van der Waals surface area contributed by atoms with E-state index in [2.05, 4.69) is 37.4 Å². The van der Waals surface area contributed by atoms with Crippen LogP contribution in [0.25, 0.3) is 0 Å². The van der Waals surface area contributed by atoms with Crippen LogP contribution in [-0.2, 0) is 7.05 Å². The maximum absolute atomic E-state index is 4.40. The molecule has 1 saturated carbocycles. The van der Waals surface area contributed by atoms with Crippen molar-refractivity contribution in [3.63, 3.8) is 0 Å². The van der Waals surface area contributed by atoms with Gasteiger partial charge in [0.25, 0.3) is 0 Å². The summed E-state index contributed by atoms with van der Waals surface area (Å²) >= 11 is 0. The molecule has 1 aromatic heterocycles. The van der Waals surface area contributed by atoms with E-state index in [0.29, 0.717) is 6.04 Å². The molecule has 2 atom stereocenters. The number of anilines is 1. The van der Waals surface area contributed by atoms with Crippen LogP contribution in [0, 0.1) is 18.8 Å². The molecule has 1 heterocycles. The zero-order valence-electron chi connectivity index (χ0n) is 11.5. The molecule has 1 aliphatic rings. The lowest BCUT2D eigenvalue weighted by Gasteiger charge is -2.35. The van der Waals surface area contributed by atoms with Gasteiger partial charge in [-0.15, -0.1) is 0 Å². The summed E-state index contributed by atoms with van der Waals surface area (Å²) in [5.41, 5.74) is 2.32. The Hall–Kier alpha value is -0.990. The number of hydrogen-bond donors (Lipinski definition) is 1. The molecule has 1 fully saturated rings. The fourth-order valence-corrected chi connectivity index (χ4v) is 3.08. The normalized spacial score (nSPS) is 25.2. The number of nitrogens with one attached hydrogen (secondary N) is 1. The van der Waals surface area contributed by atoms with Crippen molar-refractivity contribution in [1.82, 2.24) is 9.78 Å². The van der Waals surface area contributed by atoms with Crippen LogP contribution >= 0.6 is 0 Å². The molecule has 1 N–H and O–H groups in total. The third-order valence-electron chi connectivity index (χ3n) is 4.03. The molecule has 0 bridgehead atoms.